The first-order chi connectivity index (χ1) is 17.5. The smallest absolute Gasteiger partial charge is 0.412 e. The van der Waals surface area contributed by atoms with E-state index in [0.29, 0.717) is 8.64 Å². The molecule has 0 atom stereocenters. The van der Waals surface area contributed by atoms with Gasteiger partial charge in [-0.05, 0) is 22.3 Å². The van der Waals surface area contributed by atoms with Crippen molar-refractivity contribution in [1.82, 2.24) is 10.6 Å². The fraction of sp³-hybridized carbons (Fsp3) is 0.133. The molecular formula is C30H28CaN2S4. The first kappa shape index (κ1) is 31.6. The second-order valence-corrected chi connectivity index (χ2v) is 10.2. The Morgan fingerprint density at radius 2 is 0.703 bits per heavy atom. The summed E-state index contributed by atoms with van der Waals surface area (Å²) < 4.78 is 0.846. The van der Waals surface area contributed by atoms with E-state index in [-0.39, 0.29) is 49.6 Å². The maximum Gasteiger partial charge on any atom is 2.00 e. The number of nitrogens with one attached hydrogen (secondary N) is 2. The zero-order valence-corrected chi connectivity index (χ0v) is 25.9. The van der Waals surface area contributed by atoms with Crippen LogP contribution >= 0.6 is 24.4 Å². The maximum absolute atomic E-state index is 4.92. The third kappa shape index (κ3) is 11.3. The van der Waals surface area contributed by atoms with Crippen LogP contribution in [0.1, 0.15) is 34.1 Å². The van der Waals surface area contributed by atoms with Crippen LogP contribution in [-0.4, -0.2) is 59.5 Å². The molecule has 0 amide bonds. The van der Waals surface area contributed by atoms with Gasteiger partial charge in [0, 0.05) is 24.9 Å². The van der Waals surface area contributed by atoms with E-state index in [1.165, 1.54) is 22.3 Å². The summed E-state index contributed by atoms with van der Waals surface area (Å²) in [6.07, 6.45) is 0. The Labute approximate surface area is 272 Å². The van der Waals surface area contributed by atoms with Crippen LogP contribution in [0, 0.1) is 0 Å². The molecule has 2 N–H and O–H groups in total. The zero-order valence-electron chi connectivity index (χ0n) is 20.5. The minimum absolute atomic E-state index is 0. The van der Waals surface area contributed by atoms with Gasteiger partial charge in [0.25, 0.3) is 0 Å². The number of hydrogen-bond acceptors (Lipinski definition) is 4. The molecule has 37 heavy (non-hydrogen) atoms. The van der Waals surface area contributed by atoms with Gasteiger partial charge in [0.15, 0.2) is 0 Å². The average Bonchev–Trinajstić information content (AvgIpc) is 2.91. The molecule has 4 aromatic carbocycles. The van der Waals surface area contributed by atoms with Gasteiger partial charge in [0.2, 0.25) is 0 Å². The minimum atomic E-state index is 0. The summed E-state index contributed by atoms with van der Waals surface area (Å²) in [4.78, 5) is 0. The van der Waals surface area contributed by atoms with Crippen molar-refractivity contribution in [3.63, 3.8) is 0 Å². The Kier molecular flexibility index (Phi) is 15.2. The van der Waals surface area contributed by atoms with Crippen LogP contribution in [0.25, 0.3) is 0 Å². The van der Waals surface area contributed by atoms with Gasteiger partial charge in [-0.15, -0.1) is 0 Å². The summed E-state index contributed by atoms with van der Waals surface area (Å²) >= 11 is 19.7. The molecule has 2 nitrogen and oxygen atoms in total. The Morgan fingerprint density at radius 3 is 0.892 bits per heavy atom. The standard InChI is InChI=1S/2C15H15NS2.Ca/c2*17-15(18)16-11-14(12-7-3-1-4-8-12)13-9-5-2-6-10-13;/h2*1-10,14H,11H2,(H2,16,17,18);/q;;+2/p-2. The summed E-state index contributed by atoms with van der Waals surface area (Å²) in [5, 5.41) is 6.18. The van der Waals surface area contributed by atoms with Crippen molar-refractivity contribution >= 4 is 96.1 Å². The maximum atomic E-state index is 4.92. The third-order valence-corrected chi connectivity index (χ3v) is 6.29. The SMILES string of the molecule is S=C([S-])NCC(c1ccccc1)c1ccccc1.S=C([S-])NCC(c1ccccc1)c1ccccc1.[Ca+2]. The number of rotatable bonds is 8. The van der Waals surface area contributed by atoms with E-state index >= 15 is 0 Å². The van der Waals surface area contributed by atoms with E-state index in [0.717, 1.165) is 13.1 Å². The van der Waals surface area contributed by atoms with Crippen molar-refractivity contribution < 1.29 is 0 Å². The van der Waals surface area contributed by atoms with Crippen LogP contribution < -0.4 is 10.6 Å². The van der Waals surface area contributed by atoms with Gasteiger partial charge in [0.1, 0.15) is 0 Å². The van der Waals surface area contributed by atoms with Crippen molar-refractivity contribution in [3.05, 3.63) is 144 Å². The van der Waals surface area contributed by atoms with Crippen molar-refractivity contribution in [1.29, 1.82) is 0 Å². The molecule has 0 unspecified atom stereocenters. The molecule has 0 aliphatic heterocycles. The molecule has 0 radical (unpaired) electrons. The molecule has 0 bridgehead atoms. The molecule has 7 heteroatoms. The van der Waals surface area contributed by atoms with Crippen molar-refractivity contribution in [2.45, 2.75) is 11.8 Å². The molecule has 0 saturated heterocycles. The van der Waals surface area contributed by atoms with Crippen LogP contribution in [0.15, 0.2) is 121 Å². The predicted molar refractivity (Wildman–Crippen MR) is 171 cm³/mol. The van der Waals surface area contributed by atoms with E-state index in [1.807, 2.05) is 24.3 Å². The van der Waals surface area contributed by atoms with Gasteiger partial charge < -0.3 is 60.3 Å². The second-order valence-electron chi connectivity index (χ2n) is 8.08. The van der Waals surface area contributed by atoms with Crippen LogP contribution in [0.2, 0.25) is 0 Å². The molecular weight excluding hydrogens is 557 g/mol. The number of benzene rings is 4. The predicted octanol–water partition coefficient (Wildman–Crippen LogP) is 6.10. The van der Waals surface area contributed by atoms with Gasteiger partial charge in [-0.2, -0.15) is 0 Å². The first-order valence-corrected chi connectivity index (χ1v) is 13.3. The summed E-state index contributed by atoms with van der Waals surface area (Å²) in [5.74, 6) is 0.543. The van der Waals surface area contributed by atoms with E-state index in [9.17, 15) is 0 Å². The van der Waals surface area contributed by atoms with Crippen molar-refractivity contribution in [2.75, 3.05) is 13.1 Å². The molecule has 184 valence electrons. The first-order valence-electron chi connectivity index (χ1n) is 11.6. The van der Waals surface area contributed by atoms with Crippen LogP contribution in [-0.2, 0) is 25.3 Å². The molecule has 0 aliphatic rings. The van der Waals surface area contributed by atoms with E-state index in [4.69, 9.17) is 49.7 Å². The third-order valence-electron chi connectivity index (χ3n) is 5.71. The number of hydrogen-bond donors (Lipinski definition) is 2. The normalized spacial score (nSPS) is 10.0. The number of thiocarbonyl (C=S) groups is 2. The van der Waals surface area contributed by atoms with Gasteiger partial charge in [0.05, 0.1) is 0 Å². The zero-order chi connectivity index (χ0) is 25.6. The molecule has 0 fully saturated rings. The van der Waals surface area contributed by atoms with Gasteiger partial charge in [-0.3, -0.25) is 0 Å². The van der Waals surface area contributed by atoms with Gasteiger partial charge >= 0.3 is 37.7 Å². The van der Waals surface area contributed by atoms with E-state index < -0.39 is 0 Å². The summed E-state index contributed by atoms with van der Waals surface area (Å²) in [7, 11) is 0. The average molecular weight is 585 g/mol. The van der Waals surface area contributed by atoms with Crippen LogP contribution in [0.3, 0.4) is 0 Å². The largest absolute Gasteiger partial charge is 2.00 e. The molecule has 4 aromatic rings. The summed E-state index contributed by atoms with van der Waals surface area (Å²) in [6, 6.07) is 41.6. The van der Waals surface area contributed by atoms with Crippen LogP contribution in [0.4, 0.5) is 0 Å². The van der Waals surface area contributed by atoms with Gasteiger partial charge in [-0.1, -0.05) is 130 Å². The molecule has 0 aromatic heterocycles. The van der Waals surface area contributed by atoms with E-state index in [1.54, 1.807) is 0 Å². The fourth-order valence-electron chi connectivity index (χ4n) is 3.97. The second kappa shape index (κ2) is 17.8. The fourth-order valence-corrected chi connectivity index (χ4v) is 4.30. The Hall–Kier alpha value is -1.64. The Balaban J connectivity index is 0.000000253. The summed E-state index contributed by atoms with van der Waals surface area (Å²) in [5.41, 5.74) is 5.06. The summed E-state index contributed by atoms with van der Waals surface area (Å²) in [6.45, 7) is 1.46. The monoisotopic (exact) mass is 584 g/mol. The topological polar surface area (TPSA) is 24.1 Å². The molecule has 0 heterocycles. The van der Waals surface area contributed by atoms with E-state index in [2.05, 4.69) is 108 Å². The van der Waals surface area contributed by atoms with Gasteiger partial charge in [-0.25, -0.2) is 0 Å². The Bertz CT molecular complexity index is 1020. The molecule has 4 rings (SSSR count). The Morgan fingerprint density at radius 1 is 0.486 bits per heavy atom. The minimum Gasteiger partial charge on any atom is -0.412 e. The quantitative estimate of drug-likeness (QED) is 0.148. The van der Waals surface area contributed by atoms with Crippen molar-refractivity contribution in [2.24, 2.45) is 0 Å². The molecule has 0 aliphatic carbocycles. The molecule has 0 spiro atoms. The molecule has 0 saturated carbocycles. The van der Waals surface area contributed by atoms with Crippen LogP contribution in [0.5, 0.6) is 0 Å². The van der Waals surface area contributed by atoms with Crippen molar-refractivity contribution in [3.8, 4) is 0 Å².